The SMILES string of the molecule is c1cc(CNCc2cn3ccsc3n2)co1. The highest BCUT2D eigenvalue weighted by molar-refractivity contribution is 7.15. The molecule has 0 radical (unpaired) electrons. The standard InChI is InChI=1S/C11H11N3OS/c1-3-15-8-9(1)5-12-6-10-7-14-2-4-16-11(14)13-10/h1-4,7-8,12H,5-6H2. The predicted molar refractivity (Wildman–Crippen MR) is 62.3 cm³/mol. The summed E-state index contributed by atoms with van der Waals surface area (Å²) in [4.78, 5) is 5.53. The summed E-state index contributed by atoms with van der Waals surface area (Å²) in [5.74, 6) is 0. The number of fused-ring (bicyclic) bond motifs is 1. The molecular weight excluding hydrogens is 222 g/mol. The number of nitrogens with one attached hydrogen (secondary N) is 1. The maximum absolute atomic E-state index is 4.99. The van der Waals surface area contributed by atoms with E-state index in [-0.39, 0.29) is 0 Å². The van der Waals surface area contributed by atoms with Gasteiger partial charge in [0.15, 0.2) is 4.96 Å². The number of rotatable bonds is 4. The third kappa shape index (κ3) is 1.87. The van der Waals surface area contributed by atoms with E-state index in [1.807, 2.05) is 28.2 Å². The van der Waals surface area contributed by atoms with Crippen LogP contribution < -0.4 is 5.32 Å². The maximum atomic E-state index is 4.99. The quantitative estimate of drug-likeness (QED) is 0.751. The van der Waals surface area contributed by atoms with Gasteiger partial charge in [-0.15, -0.1) is 11.3 Å². The summed E-state index contributed by atoms with van der Waals surface area (Å²) >= 11 is 1.65. The van der Waals surface area contributed by atoms with Crippen LogP contribution in [0.2, 0.25) is 0 Å². The Bertz CT molecular complexity index is 538. The van der Waals surface area contributed by atoms with Crippen molar-refractivity contribution < 1.29 is 4.42 Å². The van der Waals surface area contributed by atoms with Crippen molar-refractivity contribution >= 4 is 16.3 Å². The van der Waals surface area contributed by atoms with E-state index < -0.39 is 0 Å². The van der Waals surface area contributed by atoms with Gasteiger partial charge in [-0.3, -0.25) is 4.40 Å². The zero-order chi connectivity index (χ0) is 10.8. The molecule has 82 valence electrons. The molecule has 0 aliphatic heterocycles. The summed E-state index contributed by atoms with van der Waals surface area (Å²) in [5.41, 5.74) is 2.22. The van der Waals surface area contributed by atoms with E-state index in [1.165, 1.54) is 0 Å². The van der Waals surface area contributed by atoms with Gasteiger partial charge in [0.1, 0.15) is 0 Å². The van der Waals surface area contributed by atoms with Gasteiger partial charge >= 0.3 is 0 Å². The Morgan fingerprint density at radius 1 is 1.44 bits per heavy atom. The molecule has 3 heterocycles. The molecule has 3 aromatic heterocycles. The van der Waals surface area contributed by atoms with Gasteiger partial charge in [0.25, 0.3) is 0 Å². The van der Waals surface area contributed by atoms with E-state index in [0.717, 1.165) is 29.3 Å². The predicted octanol–water partition coefficient (Wildman–Crippen LogP) is 2.28. The number of aromatic nitrogens is 2. The lowest BCUT2D eigenvalue weighted by atomic mass is 10.3. The third-order valence-corrected chi connectivity index (χ3v) is 3.13. The molecular formula is C11H11N3OS. The second-order valence-electron chi connectivity index (χ2n) is 3.56. The number of nitrogens with zero attached hydrogens (tertiary/aromatic N) is 2. The Balaban J connectivity index is 1.61. The summed E-state index contributed by atoms with van der Waals surface area (Å²) < 4.78 is 7.04. The van der Waals surface area contributed by atoms with Crippen LogP contribution in [0, 0.1) is 0 Å². The topological polar surface area (TPSA) is 42.5 Å². The molecule has 3 rings (SSSR count). The summed E-state index contributed by atoms with van der Waals surface area (Å²) in [7, 11) is 0. The Morgan fingerprint density at radius 3 is 3.25 bits per heavy atom. The molecule has 0 saturated heterocycles. The molecule has 0 bridgehead atoms. The molecule has 0 aromatic carbocycles. The normalized spacial score (nSPS) is 11.2. The van der Waals surface area contributed by atoms with Crippen LogP contribution in [0.4, 0.5) is 0 Å². The monoisotopic (exact) mass is 233 g/mol. The Labute approximate surface area is 96.5 Å². The maximum Gasteiger partial charge on any atom is 0.193 e. The van der Waals surface area contributed by atoms with Crippen molar-refractivity contribution in [3.63, 3.8) is 0 Å². The first-order valence-corrected chi connectivity index (χ1v) is 5.93. The van der Waals surface area contributed by atoms with Gasteiger partial charge < -0.3 is 9.73 Å². The third-order valence-electron chi connectivity index (χ3n) is 2.36. The van der Waals surface area contributed by atoms with E-state index in [0.29, 0.717) is 0 Å². The Hall–Kier alpha value is -1.59. The van der Waals surface area contributed by atoms with E-state index in [9.17, 15) is 0 Å². The fraction of sp³-hybridized carbons (Fsp3) is 0.182. The molecule has 16 heavy (non-hydrogen) atoms. The highest BCUT2D eigenvalue weighted by atomic mass is 32.1. The average Bonchev–Trinajstić information content (AvgIpc) is 2.91. The molecule has 3 aromatic rings. The molecule has 0 unspecified atom stereocenters. The molecule has 0 aliphatic rings. The molecule has 5 heteroatoms. The highest BCUT2D eigenvalue weighted by Crippen LogP contribution is 2.11. The number of hydrogen-bond donors (Lipinski definition) is 1. The number of imidazole rings is 1. The minimum atomic E-state index is 0.777. The van der Waals surface area contributed by atoms with Crippen LogP contribution >= 0.6 is 11.3 Å². The van der Waals surface area contributed by atoms with E-state index >= 15 is 0 Å². The molecule has 0 saturated carbocycles. The Morgan fingerprint density at radius 2 is 2.44 bits per heavy atom. The van der Waals surface area contributed by atoms with E-state index in [4.69, 9.17) is 4.42 Å². The molecule has 4 nitrogen and oxygen atoms in total. The first-order valence-electron chi connectivity index (χ1n) is 5.05. The number of furan rings is 1. The van der Waals surface area contributed by atoms with Crippen LogP contribution in [-0.4, -0.2) is 9.38 Å². The lowest BCUT2D eigenvalue weighted by Crippen LogP contribution is -2.12. The highest BCUT2D eigenvalue weighted by Gasteiger charge is 2.01. The first-order chi connectivity index (χ1) is 7.92. The van der Waals surface area contributed by atoms with Crippen LogP contribution in [0.5, 0.6) is 0 Å². The summed E-state index contributed by atoms with van der Waals surface area (Å²) in [6.45, 7) is 1.58. The number of hydrogen-bond acceptors (Lipinski definition) is 4. The number of thiazole rings is 1. The molecule has 0 fully saturated rings. The van der Waals surface area contributed by atoms with E-state index in [2.05, 4.69) is 10.3 Å². The van der Waals surface area contributed by atoms with Crippen LogP contribution in [0.15, 0.2) is 40.8 Å². The van der Waals surface area contributed by atoms with Crippen molar-refractivity contribution in [2.24, 2.45) is 0 Å². The fourth-order valence-corrected chi connectivity index (χ4v) is 2.31. The Kier molecular flexibility index (Phi) is 2.47. The first kappa shape index (κ1) is 9.62. The molecule has 0 atom stereocenters. The van der Waals surface area contributed by atoms with Gasteiger partial charge in [-0.2, -0.15) is 0 Å². The lowest BCUT2D eigenvalue weighted by Gasteiger charge is -1.98. The van der Waals surface area contributed by atoms with Crippen molar-refractivity contribution in [2.75, 3.05) is 0 Å². The smallest absolute Gasteiger partial charge is 0.193 e. The van der Waals surface area contributed by atoms with Gasteiger partial charge in [0.2, 0.25) is 0 Å². The van der Waals surface area contributed by atoms with Crippen molar-refractivity contribution in [2.45, 2.75) is 13.1 Å². The van der Waals surface area contributed by atoms with Crippen LogP contribution in [0.3, 0.4) is 0 Å². The minimum Gasteiger partial charge on any atom is -0.472 e. The zero-order valence-corrected chi connectivity index (χ0v) is 9.41. The van der Waals surface area contributed by atoms with E-state index in [1.54, 1.807) is 23.9 Å². The second-order valence-corrected chi connectivity index (χ2v) is 4.43. The van der Waals surface area contributed by atoms with Gasteiger partial charge in [-0.05, 0) is 6.07 Å². The molecule has 0 amide bonds. The lowest BCUT2D eigenvalue weighted by molar-refractivity contribution is 0.560. The second kappa shape index (κ2) is 4.11. The fourth-order valence-electron chi connectivity index (χ4n) is 1.59. The van der Waals surface area contributed by atoms with Crippen molar-refractivity contribution in [1.82, 2.24) is 14.7 Å². The van der Waals surface area contributed by atoms with Crippen molar-refractivity contribution in [3.05, 3.63) is 47.6 Å². The van der Waals surface area contributed by atoms with Gasteiger partial charge in [-0.25, -0.2) is 4.98 Å². The minimum absolute atomic E-state index is 0.777. The molecule has 1 N–H and O–H groups in total. The van der Waals surface area contributed by atoms with Crippen LogP contribution in [0.25, 0.3) is 4.96 Å². The van der Waals surface area contributed by atoms with Crippen LogP contribution in [-0.2, 0) is 13.1 Å². The molecule has 0 spiro atoms. The zero-order valence-electron chi connectivity index (χ0n) is 8.59. The summed E-state index contributed by atoms with van der Waals surface area (Å²) in [5, 5.41) is 5.36. The van der Waals surface area contributed by atoms with Crippen molar-refractivity contribution in [3.8, 4) is 0 Å². The van der Waals surface area contributed by atoms with Gasteiger partial charge in [0.05, 0.1) is 18.2 Å². The van der Waals surface area contributed by atoms with Gasteiger partial charge in [0, 0.05) is 36.4 Å². The average molecular weight is 233 g/mol. The van der Waals surface area contributed by atoms with Crippen molar-refractivity contribution in [1.29, 1.82) is 0 Å². The summed E-state index contributed by atoms with van der Waals surface area (Å²) in [6.07, 6.45) is 7.50. The van der Waals surface area contributed by atoms with Gasteiger partial charge in [-0.1, -0.05) is 0 Å². The molecule has 0 aliphatic carbocycles. The summed E-state index contributed by atoms with van der Waals surface area (Å²) in [6, 6.07) is 1.96. The largest absolute Gasteiger partial charge is 0.472 e. The van der Waals surface area contributed by atoms with Crippen LogP contribution in [0.1, 0.15) is 11.3 Å².